The van der Waals surface area contributed by atoms with Crippen molar-refractivity contribution < 1.29 is 4.79 Å². The Labute approximate surface area is 108 Å². The molecule has 5 unspecified atom stereocenters. The second kappa shape index (κ2) is 3.23. The van der Waals surface area contributed by atoms with Gasteiger partial charge in [-0.05, 0) is 67.1 Å². The largest absolute Gasteiger partial charge is 0.338 e. The SMILES string of the molecule is O=C(NCC1C2CCCC21)NC1C2CC3C(C2)C31. The molecule has 0 aliphatic heterocycles. The third-order valence-electron chi connectivity index (χ3n) is 6.85. The lowest BCUT2D eigenvalue weighted by atomic mass is 10.1. The van der Waals surface area contributed by atoms with Gasteiger partial charge in [0.05, 0.1) is 0 Å². The number of rotatable bonds is 3. The highest BCUT2D eigenvalue weighted by atomic mass is 16.2. The molecule has 98 valence electrons. The lowest BCUT2D eigenvalue weighted by Crippen LogP contribution is -2.44. The van der Waals surface area contributed by atoms with Gasteiger partial charge in [-0.25, -0.2) is 4.79 Å². The maximum atomic E-state index is 12.0. The number of fused-ring (bicyclic) bond motifs is 1. The number of amides is 2. The zero-order valence-corrected chi connectivity index (χ0v) is 10.8. The molecule has 2 amide bonds. The molecule has 0 heterocycles. The molecule has 3 heteroatoms. The van der Waals surface area contributed by atoms with E-state index in [9.17, 15) is 4.79 Å². The Kier molecular flexibility index (Phi) is 1.81. The summed E-state index contributed by atoms with van der Waals surface area (Å²) < 4.78 is 0. The molecular formula is C15H22N2O. The minimum absolute atomic E-state index is 0.114. The van der Waals surface area contributed by atoms with Gasteiger partial charge in [-0.3, -0.25) is 0 Å². The number of nitrogens with one attached hydrogen (secondary N) is 2. The van der Waals surface area contributed by atoms with E-state index in [1.165, 1.54) is 32.1 Å². The van der Waals surface area contributed by atoms with Gasteiger partial charge in [0, 0.05) is 12.6 Å². The summed E-state index contributed by atoms with van der Waals surface area (Å²) in [4.78, 5) is 12.0. The van der Waals surface area contributed by atoms with Gasteiger partial charge in [-0.2, -0.15) is 0 Å². The van der Waals surface area contributed by atoms with Crippen molar-refractivity contribution in [3.05, 3.63) is 0 Å². The summed E-state index contributed by atoms with van der Waals surface area (Å²) in [5.74, 6) is 6.38. The maximum Gasteiger partial charge on any atom is 0.315 e. The van der Waals surface area contributed by atoms with E-state index in [1.54, 1.807) is 0 Å². The molecule has 0 radical (unpaired) electrons. The standard InChI is InChI=1S/C15H22N2O/c18-15(16-6-12-8-2-1-3-9(8)12)17-14-7-4-10-11(5-7)13(10)14/h7-14H,1-6H2,(H2,16,17,18). The number of carbonyl (C=O) groups is 1. The van der Waals surface area contributed by atoms with Crippen LogP contribution in [0.1, 0.15) is 32.1 Å². The molecule has 18 heavy (non-hydrogen) atoms. The minimum Gasteiger partial charge on any atom is -0.338 e. The van der Waals surface area contributed by atoms with E-state index in [4.69, 9.17) is 0 Å². The molecule has 5 atom stereocenters. The summed E-state index contributed by atoms with van der Waals surface area (Å²) in [6, 6.07) is 0.641. The molecule has 6 aliphatic rings. The van der Waals surface area contributed by atoms with Crippen molar-refractivity contribution in [2.24, 2.45) is 41.4 Å². The molecule has 3 nitrogen and oxygen atoms in total. The van der Waals surface area contributed by atoms with Crippen molar-refractivity contribution in [2.75, 3.05) is 6.54 Å². The zero-order chi connectivity index (χ0) is 11.9. The number of hydrogen-bond donors (Lipinski definition) is 2. The highest BCUT2D eigenvalue weighted by molar-refractivity contribution is 5.74. The summed E-state index contributed by atoms with van der Waals surface area (Å²) in [6.45, 7) is 0.927. The molecule has 6 fully saturated rings. The third kappa shape index (κ3) is 1.23. The quantitative estimate of drug-likeness (QED) is 0.785. The van der Waals surface area contributed by atoms with E-state index >= 15 is 0 Å². The first kappa shape index (κ1) is 10.1. The predicted octanol–water partition coefficient (Wildman–Crippen LogP) is 1.99. The monoisotopic (exact) mass is 246 g/mol. The molecule has 0 spiro atoms. The van der Waals surface area contributed by atoms with Crippen LogP contribution in [0.15, 0.2) is 0 Å². The predicted molar refractivity (Wildman–Crippen MR) is 67.8 cm³/mol. The van der Waals surface area contributed by atoms with E-state index in [0.29, 0.717) is 6.04 Å². The fraction of sp³-hybridized carbons (Fsp3) is 0.933. The topological polar surface area (TPSA) is 41.1 Å². The van der Waals surface area contributed by atoms with Crippen molar-refractivity contribution in [1.29, 1.82) is 0 Å². The highest BCUT2D eigenvalue weighted by Crippen LogP contribution is 2.70. The first-order valence-electron chi connectivity index (χ1n) is 7.87. The van der Waals surface area contributed by atoms with Crippen LogP contribution >= 0.6 is 0 Å². The first-order chi connectivity index (χ1) is 8.83. The molecule has 6 rings (SSSR count). The third-order valence-corrected chi connectivity index (χ3v) is 6.85. The lowest BCUT2D eigenvalue weighted by molar-refractivity contribution is 0.233. The molecule has 0 aromatic carbocycles. The van der Waals surface area contributed by atoms with Crippen molar-refractivity contribution in [3.63, 3.8) is 0 Å². The average molecular weight is 246 g/mol. The van der Waals surface area contributed by atoms with Crippen molar-refractivity contribution in [3.8, 4) is 0 Å². The molecule has 2 N–H and O–H groups in total. The van der Waals surface area contributed by atoms with Crippen molar-refractivity contribution in [1.82, 2.24) is 10.6 Å². The fourth-order valence-corrected chi connectivity index (χ4v) is 5.97. The van der Waals surface area contributed by atoms with Crippen LogP contribution in [0.4, 0.5) is 4.79 Å². The minimum atomic E-state index is 0.114. The van der Waals surface area contributed by atoms with E-state index in [-0.39, 0.29) is 6.03 Å². The molecule has 0 aromatic rings. The molecule has 4 bridgehead atoms. The van der Waals surface area contributed by atoms with Gasteiger partial charge in [0.15, 0.2) is 0 Å². The Morgan fingerprint density at radius 3 is 2.39 bits per heavy atom. The van der Waals surface area contributed by atoms with Crippen LogP contribution in [-0.2, 0) is 0 Å². The van der Waals surface area contributed by atoms with Crippen LogP contribution in [0.3, 0.4) is 0 Å². The Bertz CT molecular complexity index is 385. The van der Waals surface area contributed by atoms with Gasteiger partial charge >= 0.3 is 6.03 Å². The van der Waals surface area contributed by atoms with Gasteiger partial charge < -0.3 is 10.6 Å². The van der Waals surface area contributed by atoms with Gasteiger partial charge in [0.2, 0.25) is 0 Å². The second-order valence-corrected chi connectivity index (χ2v) is 7.44. The average Bonchev–Trinajstić information content (AvgIpc) is 2.92. The van der Waals surface area contributed by atoms with Crippen LogP contribution in [0.2, 0.25) is 0 Å². The Balaban J connectivity index is 1.12. The lowest BCUT2D eigenvalue weighted by Gasteiger charge is -2.17. The number of hydrogen-bond acceptors (Lipinski definition) is 1. The summed E-state index contributed by atoms with van der Waals surface area (Å²) in [6.07, 6.45) is 7.04. The van der Waals surface area contributed by atoms with Crippen molar-refractivity contribution >= 4 is 6.03 Å². The Hall–Kier alpha value is -0.730. The summed E-state index contributed by atoms with van der Waals surface area (Å²) in [5, 5.41) is 6.39. The van der Waals surface area contributed by atoms with Gasteiger partial charge in [0.1, 0.15) is 0 Å². The summed E-state index contributed by atoms with van der Waals surface area (Å²) in [7, 11) is 0. The van der Waals surface area contributed by atoms with E-state index < -0.39 is 0 Å². The normalized spacial score (nSPS) is 57.3. The van der Waals surface area contributed by atoms with E-state index in [2.05, 4.69) is 10.6 Å². The van der Waals surface area contributed by atoms with Crippen LogP contribution in [-0.4, -0.2) is 18.6 Å². The second-order valence-electron chi connectivity index (χ2n) is 7.44. The zero-order valence-electron chi connectivity index (χ0n) is 10.8. The molecule has 6 aliphatic carbocycles. The summed E-state index contributed by atoms with van der Waals surface area (Å²) in [5.41, 5.74) is 0. The number of urea groups is 1. The van der Waals surface area contributed by atoms with Crippen LogP contribution in [0.25, 0.3) is 0 Å². The Morgan fingerprint density at radius 2 is 1.78 bits per heavy atom. The highest BCUT2D eigenvalue weighted by Gasteiger charge is 2.68. The van der Waals surface area contributed by atoms with E-state index in [1.807, 2.05) is 0 Å². The molecule has 0 aromatic heterocycles. The van der Waals surface area contributed by atoms with Crippen LogP contribution in [0.5, 0.6) is 0 Å². The fourth-order valence-electron chi connectivity index (χ4n) is 5.97. The summed E-state index contributed by atoms with van der Waals surface area (Å²) >= 11 is 0. The van der Waals surface area contributed by atoms with Gasteiger partial charge in [0.25, 0.3) is 0 Å². The van der Waals surface area contributed by atoms with Crippen LogP contribution < -0.4 is 10.6 Å². The van der Waals surface area contributed by atoms with Crippen molar-refractivity contribution in [2.45, 2.75) is 38.1 Å². The molecular weight excluding hydrogens is 224 g/mol. The smallest absolute Gasteiger partial charge is 0.315 e. The van der Waals surface area contributed by atoms with E-state index in [0.717, 1.165) is 48.0 Å². The Morgan fingerprint density at radius 1 is 1.06 bits per heavy atom. The molecule has 6 saturated carbocycles. The van der Waals surface area contributed by atoms with Gasteiger partial charge in [-0.1, -0.05) is 6.42 Å². The first-order valence-corrected chi connectivity index (χ1v) is 7.87. The maximum absolute atomic E-state index is 12.0. The molecule has 0 saturated heterocycles. The number of carbonyl (C=O) groups excluding carboxylic acids is 1. The van der Waals surface area contributed by atoms with Crippen LogP contribution in [0, 0.1) is 41.4 Å². The van der Waals surface area contributed by atoms with Gasteiger partial charge in [-0.15, -0.1) is 0 Å².